The average Bonchev–Trinajstić information content (AvgIpc) is 2.68. The fraction of sp³-hybridized carbons (Fsp3) is 0.684. The third-order valence-corrected chi connectivity index (χ3v) is 3.14. The molecule has 154 valence electrons. The van der Waals surface area contributed by atoms with E-state index in [0.717, 1.165) is 12.0 Å². The lowest BCUT2D eigenvalue weighted by molar-refractivity contribution is -0.205. The van der Waals surface area contributed by atoms with Crippen molar-refractivity contribution in [1.82, 2.24) is 0 Å². The maximum absolute atomic E-state index is 9.76. The van der Waals surface area contributed by atoms with Gasteiger partial charge in [-0.3, -0.25) is 0 Å². The molecule has 7 nitrogen and oxygen atoms in total. The van der Waals surface area contributed by atoms with E-state index >= 15 is 0 Å². The minimum atomic E-state index is -1.31. The van der Waals surface area contributed by atoms with E-state index in [2.05, 4.69) is 0 Å². The summed E-state index contributed by atoms with van der Waals surface area (Å²) in [6.45, 7) is 8.98. The zero-order valence-corrected chi connectivity index (χ0v) is 16.6. The Morgan fingerprint density at radius 2 is 1.50 bits per heavy atom. The Labute approximate surface area is 157 Å². The number of aliphatic hydroxyl groups is 4. The highest BCUT2D eigenvalue weighted by atomic mass is 16.7. The van der Waals surface area contributed by atoms with Crippen molar-refractivity contribution in [2.45, 2.75) is 65.6 Å². The maximum atomic E-state index is 9.76. The fourth-order valence-electron chi connectivity index (χ4n) is 1.80. The van der Waals surface area contributed by atoms with E-state index in [1.165, 1.54) is 6.92 Å². The number of benzene rings is 1. The quantitative estimate of drug-likeness (QED) is 0.387. The molecule has 0 saturated heterocycles. The monoisotopic (exact) mass is 375 g/mol. The Hall–Kier alpha value is -1.22. The molecule has 1 aromatic rings. The molecule has 0 aliphatic carbocycles. The molecule has 0 amide bonds. The fourth-order valence-corrected chi connectivity index (χ4v) is 1.80. The molecule has 0 saturated carbocycles. The van der Waals surface area contributed by atoms with Gasteiger partial charge in [0.1, 0.15) is 18.0 Å². The summed E-state index contributed by atoms with van der Waals surface area (Å²) >= 11 is 0. The molecule has 1 rings (SSSR count). The van der Waals surface area contributed by atoms with Crippen LogP contribution in [0.3, 0.4) is 0 Å². The molecule has 0 aliphatic rings. The Bertz CT molecular complexity index is 413. The zero-order chi connectivity index (χ0) is 20.5. The third kappa shape index (κ3) is 10.7. The second-order valence-electron chi connectivity index (χ2n) is 5.02. The van der Waals surface area contributed by atoms with Crippen LogP contribution in [-0.2, 0) is 11.2 Å². The van der Waals surface area contributed by atoms with Gasteiger partial charge < -0.3 is 35.6 Å². The molecule has 4 atom stereocenters. The number of rotatable bonds is 10. The molecule has 4 unspecified atom stereocenters. The van der Waals surface area contributed by atoms with Gasteiger partial charge in [0.15, 0.2) is 0 Å². The molecule has 0 fully saturated rings. The Balaban J connectivity index is 0. The summed E-state index contributed by atoms with van der Waals surface area (Å²) in [6.07, 6.45) is -3.65. The number of hydrogen-bond acceptors (Lipinski definition) is 7. The van der Waals surface area contributed by atoms with Crippen molar-refractivity contribution < 1.29 is 29.9 Å². The highest BCUT2D eigenvalue weighted by molar-refractivity contribution is 5.27. The minimum absolute atomic E-state index is 0.431. The first-order valence-corrected chi connectivity index (χ1v) is 9.20. The van der Waals surface area contributed by atoms with Gasteiger partial charge in [-0.05, 0) is 37.6 Å². The van der Waals surface area contributed by atoms with Gasteiger partial charge in [-0.2, -0.15) is 0 Å². The van der Waals surface area contributed by atoms with E-state index in [-0.39, 0.29) is 0 Å². The SMILES string of the molecule is CC.CC.CC(O)C(CO)OC(Oc1ccc(CCN)cc1)C(O)CO. The van der Waals surface area contributed by atoms with Crippen molar-refractivity contribution in [2.24, 2.45) is 5.73 Å². The van der Waals surface area contributed by atoms with Crippen molar-refractivity contribution in [1.29, 1.82) is 0 Å². The molecule has 0 bridgehead atoms. The smallest absolute Gasteiger partial charge is 0.228 e. The summed E-state index contributed by atoms with van der Waals surface area (Å²) in [5.74, 6) is 0.431. The summed E-state index contributed by atoms with van der Waals surface area (Å²) < 4.78 is 10.8. The Morgan fingerprint density at radius 1 is 0.962 bits per heavy atom. The van der Waals surface area contributed by atoms with E-state index < -0.39 is 37.8 Å². The van der Waals surface area contributed by atoms with Crippen LogP contribution in [0, 0.1) is 0 Å². The van der Waals surface area contributed by atoms with Gasteiger partial charge in [-0.15, -0.1) is 0 Å². The summed E-state index contributed by atoms with van der Waals surface area (Å²) in [5.41, 5.74) is 6.52. The van der Waals surface area contributed by atoms with E-state index in [1.807, 2.05) is 39.8 Å². The van der Waals surface area contributed by atoms with Gasteiger partial charge in [0.25, 0.3) is 0 Å². The number of aliphatic hydroxyl groups excluding tert-OH is 4. The summed E-state index contributed by atoms with van der Waals surface area (Å²) in [7, 11) is 0. The second kappa shape index (κ2) is 17.2. The molecule has 6 N–H and O–H groups in total. The van der Waals surface area contributed by atoms with Crippen molar-refractivity contribution in [3.8, 4) is 5.75 Å². The van der Waals surface area contributed by atoms with Crippen LogP contribution in [-0.4, -0.2) is 64.8 Å². The van der Waals surface area contributed by atoms with Gasteiger partial charge in [-0.1, -0.05) is 39.8 Å². The van der Waals surface area contributed by atoms with Crippen LogP contribution in [0.4, 0.5) is 0 Å². The van der Waals surface area contributed by atoms with Crippen LogP contribution in [0.1, 0.15) is 40.2 Å². The summed E-state index contributed by atoms with van der Waals surface area (Å²) in [4.78, 5) is 0. The molecule has 26 heavy (non-hydrogen) atoms. The van der Waals surface area contributed by atoms with Gasteiger partial charge >= 0.3 is 0 Å². The molecular formula is C19H37NO6. The minimum Gasteiger partial charge on any atom is -0.462 e. The molecule has 1 aromatic carbocycles. The molecular weight excluding hydrogens is 338 g/mol. The molecule has 0 heterocycles. The third-order valence-electron chi connectivity index (χ3n) is 3.14. The standard InChI is InChI=1S/C15H25NO6.2C2H6/c1-10(19)14(9-18)22-15(13(20)8-17)21-12-4-2-11(3-5-12)6-7-16;2*1-2/h2-5,10,13-15,17-20H,6-9,16H2,1H3;2*1-2H3. The first kappa shape index (κ1) is 27.0. The lowest BCUT2D eigenvalue weighted by atomic mass is 10.1. The Morgan fingerprint density at radius 3 is 1.88 bits per heavy atom. The van der Waals surface area contributed by atoms with Crippen molar-refractivity contribution in [3.63, 3.8) is 0 Å². The van der Waals surface area contributed by atoms with Crippen LogP contribution < -0.4 is 10.5 Å². The van der Waals surface area contributed by atoms with E-state index in [1.54, 1.807) is 12.1 Å². The number of hydrogen-bond donors (Lipinski definition) is 5. The molecule has 7 heteroatoms. The van der Waals surface area contributed by atoms with Crippen LogP contribution in [0.2, 0.25) is 0 Å². The highest BCUT2D eigenvalue weighted by Gasteiger charge is 2.27. The number of nitrogens with two attached hydrogens (primary N) is 1. The van der Waals surface area contributed by atoms with Crippen LogP contribution in [0.5, 0.6) is 5.75 Å². The first-order valence-electron chi connectivity index (χ1n) is 9.20. The molecule has 0 radical (unpaired) electrons. The maximum Gasteiger partial charge on any atom is 0.228 e. The van der Waals surface area contributed by atoms with Gasteiger partial charge in [0.05, 0.1) is 19.3 Å². The van der Waals surface area contributed by atoms with Crippen LogP contribution in [0.25, 0.3) is 0 Å². The average molecular weight is 376 g/mol. The van der Waals surface area contributed by atoms with Crippen LogP contribution in [0.15, 0.2) is 24.3 Å². The van der Waals surface area contributed by atoms with Crippen molar-refractivity contribution in [2.75, 3.05) is 19.8 Å². The Kier molecular flexibility index (Phi) is 17.9. The largest absolute Gasteiger partial charge is 0.462 e. The van der Waals surface area contributed by atoms with Crippen molar-refractivity contribution >= 4 is 0 Å². The molecule has 0 aliphatic heterocycles. The summed E-state index contributed by atoms with van der Waals surface area (Å²) in [6, 6.07) is 7.06. The second-order valence-corrected chi connectivity index (χ2v) is 5.02. The lowest BCUT2D eigenvalue weighted by Gasteiger charge is -2.28. The normalized spacial score (nSPS) is 14.7. The summed E-state index contributed by atoms with van der Waals surface area (Å²) in [5, 5.41) is 37.5. The van der Waals surface area contributed by atoms with E-state index in [4.69, 9.17) is 25.4 Å². The predicted molar refractivity (Wildman–Crippen MR) is 103 cm³/mol. The van der Waals surface area contributed by atoms with Crippen LogP contribution >= 0.6 is 0 Å². The lowest BCUT2D eigenvalue weighted by Crippen LogP contribution is -2.43. The molecule has 0 aromatic heterocycles. The van der Waals surface area contributed by atoms with Gasteiger partial charge in [0.2, 0.25) is 6.29 Å². The molecule has 0 spiro atoms. The number of ether oxygens (including phenoxy) is 2. The van der Waals surface area contributed by atoms with E-state index in [0.29, 0.717) is 12.3 Å². The van der Waals surface area contributed by atoms with Crippen molar-refractivity contribution in [3.05, 3.63) is 29.8 Å². The predicted octanol–water partition coefficient (Wildman–Crippen LogP) is 1.06. The topological polar surface area (TPSA) is 125 Å². The van der Waals surface area contributed by atoms with Gasteiger partial charge in [-0.25, -0.2) is 0 Å². The zero-order valence-electron chi connectivity index (χ0n) is 16.6. The highest BCUT2D eigenvalue weighted by Crippen LogP contribution is 2.17. The van der Waals surface area contributed by atoms with E-state index in [9.17, 15) is 10.2 Å². The van der Waals surface area contributed by atoms with Gasteiger partial charge in [0, 0.05) is 0 Å². The first-order chi connectivity index (χ1) is 12.5.